The third-order valence-electron chi connectivity index (χ3n) is 2.83. The number of methoxy groups -OCH3 is 3. The summed E-state index contributed by atoms with van der Waals surface area (Å²) in [6.07, 6.45) is -0.172. The van der Waals surface area contributed by atoms with Crippen LogP contribution in [0, 0.1) is 0 Å². The lowest BCUT2D eigenvalue weighted by molar-refractivity contribution is 0.0587. The molecule has 118 valence electrons. The quantitative estimate of drug-likeness (QED) is 0.735. The Kier molecular flexibility index (Phi) is 7.49. The highest BCUT2D eigenvalue weighted by Gasteiger charge is 2.14. The number of halogens is 1. The van der Waals surface area contributed by atoms with Crippen LogP contribution in [-0.4, -0.2) is 51.6 Å². The van der Waals surface area contributed by atoms with Crippen LogP contribution < -0.4 is 14.8 Å². The average Bonchev–Trinajstić information content (AvgIpc) is 2.47. The Morgan fingerprint density at radius 2 is 1.86 bits per heavy atom. The summed E-state index contributed by atoms with van der Waals surface area (Å²) in [5.74, 6) is 0.765. The first-order valence-electron chi connectivity index (χ1n) is 6.40. The van der Waals surface area contributed by atoms with Crippen molar-refractivity contribution < 1.29 is 24.1 Å². The van der Waals surface area contributed by atoms with Crippen molar-refractivity contribution in [2.24, 2.45) is 0 Å². The van der Waals surface area contributed by atoms with Crippen molar-refractivity contribution in [3.63, 3.8) is 0 Å². The van der Waals surface area contributed by atoms with Gasteiger partial charge in [0, 0.05) is 19.2 Å². The van der Waals surface area contributed by atoms with Crippen LogP contribution in [0.1, 0.15) is 16.8 Å². The van der Waals surface area contributed by atoms with Crippen molar-refractivity contribution in [3.05, 3.63) is 22.2 Å². The average molecular weight is 362 g/mol. The molecule has 0 aliphatic carbocycles. The summed E-state index contributed by atoms with van der Waals surface area (Å²) in [5.41, 5.74) is 0.424. The molecule has 0 fully saturated rings. The summed E-state index contributed by atoms with van der Waals surface area (Å²) >= 11 is 3.35. The maximum absolute atomic E-state index is 12.1. The Balaban J connectivity index is 2.70. The van der Waals surface area contributed by atoms with Crippen molar-refractivity contribution >= 4 is 21.8 Å². The maximum atomic E-state index is 12.1. The van der Waals surface area contributed by atoms with E-state index in [4.69, 9.17) is 14.2 Å². The zero-order valence-electron chi connectivity index (χ0n) is 12.3. The monoisotopic (exact) mass is 361 g/mol. The van der Waals surface area contributed by atoms with E-state index in [-0.39, 0.29) is 12.5 Å². The number of carbonyl (C=O) groups is 1. The van der Waals surface area contributed by atoms with E-state index in [0.29, 0.717) is 34.5 Å². The Hall–Kier alpha value is -1.31. The Morgan fingerprint density at radius 1 is 1.29 bits per heavy atom. The van der Waals surface area contributed by atoms with Gasteiger partial charge in [-0.2, -0.15) is 0 Å². The van der Waals surface area contributed by atoms with E-state index in [1.165, 1.54) is 21.3 Å². The van der Waals surface area contributed by atoms with Gasteiger partial charge in [-0.3, -0.25) is 4.79 Å². The molecule has 1 unspecified atom stereocenters. The van der Waals surface area contributed by atoms with Crippen molar-refractivity contribution in [2.75, 3.05) is 34.5 Å². The number of amides is 1. The molecule has 0 heterocycles. The van der Waals surface area contributed by atoms with E-state index in [1.807, 2.05) is 0 Å². The fraction of sp³-hybridized carbons (Fsp3) is 0.500. The van der Waals surface area contributed by atoms with Crippen molar-refractivity contribution in [3.8, 4) is 11.5 Å². The lowest BCUT2D eigenvalue weighted by Crippen LogP contribution is -2.28. The first kappa shape index (κ1) is 17.7. The van der Waals surface area contributed by atoms with Crippen LogP contribution in [0.5, 0.6) is 11.5 Å². The third-order valence-corrected chi connectivity index (χ3v) is 3.61. The van der Waals surface area contributed by atoms with Crippen LogP contribution in [0.3, 0.4) is 0 Å². The summed E-state index contributed by atoms with van der Waals surface area (Å²) < 4.78 is 15.8. The van der Waals surface area contributed by atoms with Gasteiger partial charge in [-0.05, 0) is 34.5 Å². The van der Waals surface area contributed by atoms with Gasteiger partial charge in [0.05, 0.1) is 26.9 Å². The number of carbonyl (C=O) groups excluding carboxylic acids is 1. The van der Waals surface area contributed by atoms with E-state index in [9.17, 15) is 9.90 Å². The van der Waals surface area contributed by atoms with Crippen LogP contribution in [0.25, 0.3) is 0 Å². The van der Waals surface area contributed by atoms with Gasteiger partial charge in [0.25, 0.3) is 5.91 Å². The van der Waals surface area contributed by atoms with E-state index in [2.05, 4.69) is 21.2 Å². The zero-order valence-corrected chi connectivity index (χ0v) is 13.9. The molecular weight excluding hydrogens is 342 g/mol. The summed E-state index contributed by atoms with van der Waals surface area (Å²) in [7, 11) is 4.55. The molecule has 0 saturated carbocycles. The molecule has 0 aliphatic rings. The molecule has 2 N–H and O–H groups in total. The summed E-state index contributed by atoms with van der Waals surface area (Å²) in [6, 6.07) is 3.24. The number of hydrogen-bond donors (Lipinski definition) is 2. The third kappa shape index (κ3) is 5.18. The van der Waals surface area contributed by atoms with Crippen LogP contribution in [0.2, 0.25) is 0 Å². The van der Waals surface area contributed by atoms with Crippen molar-refractivity contribution in [1.82, 2.24) is 5.32 Å². The second-order valence-corrected chi connectivity index (χ2v) is 5.14. The van der Waals surface area contributed by atoms with Gasteiger partial charge < -0.3 is 24.6 Å². The minimum absolute atomic E-state index is 0.246. The Morgan fingerprint density at radius 3 is 2.33 bits per heavy atom. The molecule has 1 aromatic rings. The lowest BCUT2D eigenvalue weighted by Gasteiger charge is -2.13. The molecule has 1 rings (SSSR count). The van der Waals surface area contributed by atoms with Crippen molar-refractivity contribution in [2.45, 2.75) is 12.5 Å². The highest BCUT2D eigenvalue weighted by Crippen LogP contribution is 2.35. The molecule has 1 amide bonds. The van der Waals surface area contributed by atoms with E-state index in [1.54, 1.807) is 12.1 Å². The van der Waals surface area contributed by atoms with E-state index < -0.39 is 6.10 Å². The van der Waals surface area contributed by atoms with Crippen LogP contribution >= 0.6 is 15.9 Å². The SMILES string of the molecule is COCC(O)CCNC(=O)c1cc(OC)c(Br)c(OC)c1. The minimum atomic E-state index is -0.593. The number of nitrogens with one attached hydrogen (secondary N) is 1. The summed E-state index contributed by atoms with van der Waals surface area (Å²) in [5, 5.41) is 12.2. The first-order chi connectivity index (χ1) is 10.0. The summed E-state index contributed by atoms with van der Waals surface area (Å²) in [4.78, 5) is 12.1. The molecule has 1 aromatic carbocycles. The fourth-order valence-electron chi connectivity index (χ4n) is 1.73. The normalized spacial score (nSPS) is 11.9. The number of aliphatic hydroxyl groups excluding tert-OH is 1. The van der Waals surface area contributed by atoms with Crippen molar-refractivity contribution in [1.29, 1.82) is 0 Å². The second kappa shape index (κ2) is 8.86. The molecule has 0 aliphatic heterocycles. The first-order valence-corrected chi connectivity index (χ1v) is 7.19. The molecule has 21 heavy (non-hydrogen) atoms. The largest absolute Gasteiger partial charge is 0.495 e. The standard InChI is InChI=1S/C14H20BrNO5/c1-19-8-10(17)4-5-16-14(18)9-6-11(20-2)13(15)12(7-9)21-3/h6-7,10,17H,4-5,8H2,1-3H3,(H,16,18). The summed E-state index contributed by atoms with van der Waals surface area (Å²) in [6.45, 7) is 0.597. The number of ether oxygens (including phenoxy) is 3. The van der Waals surface area contributed by atoms with Crippen LogP contribution in [0.15, 0.2) is 16.6 Å². The smallest absolute Gasteiger partial charge is 0.251 e. The molecule has 0 aromatic heterocycles. The van der Waals surface area contributed by atoms with Gasteiger partial charge >= 0.3 is 0 Å². The van der Waals surface area contributed by atoms with Gasteiger partial charge in [0.2, 0.25) is 0 Å². The maximum Gasteiger partial charge on any atom is 0.251 e. The molecular formula is C14H20BrNO5. The predicted octanol–water partition coefficient (Wildman–Crippen LogP) is 1.59. The molecule has 0 bridgehead atoms. The van der Waals surface area contributed by atoms with Gasteiger partial charge in [0.15, 0.2) is 0 Å². The lowest BCUT2D eigenvalue weighted by atomic mass is 10.1. The zero-order chi connectivity index (χ0) is 15.8. The van der Waals surface area contributed by atoms with Gasteiger partial charge in [-0.25, -0.2) is 0 Å². The fourth-order valence-corrected chi connectivity index (χ4v) is 2.28. The molecule has 7 heteroatoms. The minimum Gasteiger partial charge on any atom is -0.495 e. The Bertz CT molecular complexity index is 455. The predicted molar refractivity (Wildman–Crippen MR) is 82.1 cm³/mol. The van der Waals surface area contributed by atoms with E-state index in [0.717, 1.165) is 0 Å². The molecule has 6 nitrogen and oxygen atoms in total. The molecule has 1 atom stereocenters. The van der Waals surface area contributed by atoms with E-state index >= 15 is 0 Å². The topological polar surface area (TPSA) is 77.0 Å². The number of hydrogen-bond acceptors (Lipinski definition) is 5. The Labute approximate surface area is 132 Å². The molecule has 0 radical (unpaired) electrons. The number of aliphatic hydroxyl groups is 1. The van der Waals surface area contributed by atoms with Crippen LogP contribution in [0.4, 0.5) is 0 Å². The second-order valence-electron chi connectivity index (χ2n) is 4.35. The number of benzene rings is 1. The molecule has 0 spiro atoms. The van der Waals surface area contributed by atoms with Gasteiger partial charge in [-0.15, -0.1) is 0 Å². The van der Waals surface area contributed by atoms with Gasteiger partial charge in [-0.1, -0.05) is 0 Å². The highest BCUT2D eigenvalue weighted by molar-refractivity contribution is 9.10. The number of rotatable bonds is 8. The van der Waals surface area contributed by atoms with Crippen LogP contribution in [-0.2, 0) is 4.74 Å². The highest BCUT2D eigenvalue weighted by atomic mass is 79.9. The van der Waals surface area contributed by atoms with Gasteiger partial charge in [0.1, 0.15) is 16.0 Å². The molecule has 0 saturated heterocycles.